The average Bonchev–Trinajstić information content (AvgIpc) is 2.77. The molecule has 2 saturated carbocycles. The number of urea groups is 1. The van der Waals surface area contributed by atoms with Gasteiger partial charge in [-0.05, 0) is 50.2 Å². The van der Waals surface area contributed by atoms with Crippen molar-refractivity contribution in [2.45, 2.75) is 101 Å². The van der Waals surface area contributed by atoms with Gasteiger partial charge in [0.05, 0.1) is 0 Å². The third-order valence-electron chi connectivity index (χ3n) is 8.10. The van der Waals surface area contributed by atoms with Crippen molar-refractivity contribution >= 4 is 11.9 Å². The summed E-state index contributed by atoms with van der Waals surface area (Å²) in [4.78, 5) is 27.5. The number of benzene rings is 1. The lowest BCUT2D eigenvalue weighted by atomic mass is 9.76. The van der Waals surface area contributed by atoms with Gasteiger partial charge >= 0.3 is 6.03 Å². The molecule has 1 aromatic rings. The van der Waals surface area contributed by atoms with Gasteiger partial charge < -0.3 is 20.3 Å². The lowest BCUT2D eigenvalue weighted by Gasteiger charge is -2.47. The number of carbonyl (C=O) groups excluding carboxylic acids is 2. The number of para-hydroxylation sites is 1. The standard InChI is InChI=1S/C26H37N3O3/c30-24(27-20-9-6-10-20)17-19-18-26(32-23-12-5-4-11-22(19)23)13-15-29(16-14-26)25(31)28-21-7-2-1-3-8-21/h4-5,11-12,19-21H,1-3,6-10,13-18H2,(H,27,30)(H,28,31)/t19-/m0/s1. The number of fused-ring (bicyclic) bond motifs is 1. The summed E-state index contributed by atoms with van der Waals surface area (Å²) in [6.07, 6.45) is 12.4. The summed E-state index contributed by atoms with van der Waals surface area (Å²) in [5.74, 6) is 1.25. The normalized spacial score (nSPS) is 25.4. The van der Waals surface area contributed by atoms with Crippen molar-refractivity contribution < 1.29 is 14.3 Å². The van der Waals surface area contributed by atoms with Crippen LogP contribution in [-0.2, 0) is 4.79 Å². The Hall–Kier alpha value is -2.24. The molecular weight excluding hydrogens is 402 g/mol. The van der Waals surface area contributed by atoms with E-state index in [0.717, 1.165) is 56.3 Å². The molecule has 0 bridgehead atoms. The van der Waals surface area contributed by atoms with Crippen LogP contribution in [0.15, 0.2) is 24.3 Å². The van der Waals surface area contributed by atoms with Crippen LogP contribution in [0.2, 0.25) is 0 Å². The highest BCUT2D eigenvalue weighted by Gasteiger charge is 2.44. The highest BCUT2D eigenvalue weighted by atomic mass is 16.5. The Kier molecular flexibility index (Phi) is 6.29. The lowest BCUT2D eigenvalue weighted by molar-refractivity contribution is -0.123. The van der Waals surface area contributed by atoms with Crippen LogP contribution in [0.25, 0.3) is 0 Å². The molecule has 0 unspecified atom stereocenters. The molecule has 1 saturated heterocycles. The van der Waals surface area contributed by atoms with E-state index in [1.165, 1.54) is 25.7 Å². The second-order valence-electron chi connectivity index (χ2n) is 10.4. The third-order valence-corrected chi connectivity index (χ3v) is 8.10. The quantitative estimate of drug-likeness (QED) is 0.726. The molecule has 4 aliphatic rings. The fraction of sp³-hybridized carbons (Fsp3) is 0.692. The van der Waals surface area contributed by atoms with Crippen LogP contribution < -0.4 is 15.4 Å². The van der Waals surface area contributed by atoms with E-state index in [2.05, 4.69) is 16.7 Å². The summed E-state index contributed by atoms with van der Waals surface area (Å²) in [5.41, 5.74) is 0.872. The fourth-order valence-electron chi connectivity index (χ4n) is 5.93. The predicted octanol–water partition coefficient (Wildman–Crippen LogP) is 4.49. The van der Waals surface area contributed by atoms with Crippen molar-refractivity contribution in [2.24, 2.45) is 0 Å². The van der Waals surface area contributed by atoms with E-state index in [0.29, 0.717) is 31.6 Å². The van der Waals surface area contributed by atoms with Gasteiger partial charge in [0.2, 0.25) is 5.91 Å². The first-order valence-corrected chi connectivity index (χ1v) is 12.7. The monoisotopic (exact) mass is 439 g/mol. The van der Waals surface area contributed by atoms with Crippen LogP contribution in [0, 0.1) is 0 Å². The number of rotatable bonds is 4. The summed E-state index contributed by atoms with van der Waals surface area (Å²) in [7, 11) is 0. The first-order chi connectivity index (χ1) is 15.6. The minimum Gasteiger partial charge on any atom is -0.487 e. The van der Waals surface area contributed by atoms with Crippen LogP contribution in [0.1, 0.15) is 88.5 Å². The summed E-state index contributed by atoms with van der Waals surface area (Å²) in [6, 6.07) is 8.98. The Balaban J connectivity index is 1.22. The molecule has 2 N–H and O–H groups in total. The number of ether oxygens (including phenoxy) is 1. The Bertz CT molecular complexity index is 823. The van der Waals surface area contributed by atoms with Gasteiger partial charge in [0.1, 0.15) is 11.4 Å². The second-order valence-corrected chi connectivity index (χ2v) is 10.4. The molecule has 0 aromatic heterocycles. The zero-order valence-electron chi connectivity index (χ0n) is 19.1. The molecule has 1 aromatic carbocycles. The van der Waals surface area contributed by atoms with Gasteiger partial charge in [0.25, 0.3) is 0 Å². The number of hydrogen-bond donors (Lipinski definition) is 2. The molecule has 5 rings (SSSR count). The van der Waals surface area contributed by atoms with Crippen LogP contribution in [0.5, 0.6) is 5.75 Å². The number of carbonyl (C=O) groups is 2. The number of nitrogens with zero attached hydrogens (tertiary/aromatic N) is 1. The zero-order valence-corrected chi connectivity index (χ0v) is 19.1. The van der Waals surface area contributed by atoms with Crippen molar-refractivity contribution in [3.63, 3.8) is 0 Å². The van der Waals surface area contributed by atoms with Crippen molar-refractivity contribution in [1.82, 2.24) is 15.5 Å². The number of hydrogen-bond acceptors (Lipinski definition) is 3. The summed E-state index contributed by atoms with van der Waals surface area (Å²) >= 11 is 0. The smallest absolute Gasteiger partial charge is 0.317 e. The maximum Gasteiger partial charge on any atom is 0.317 e. The average molecular weight is 440 g/mol. The Morgan fingerprint density at radius 2 is 1.62 bits per heavy atom. The van der Waals surface area contributed by atoms with Crippen LogP contribution in [-0.4, -0.2) is 47.6 Å². The summed E-state index contributed by atoms with van der Waals surface area (Å²) < 4.78 is 6.57. The molecule has 2 heterocycles. The van der Waals surface area contributed by atoms with Crippen molar-refractivity contribution in [3.05, 3.63) is 29.8 Å². The lowest BCUT2D eigenvalue weighted by Crippen LogP contribution is -2.55. The van der Waals surface area contributed by atoms with Gasteiger partial charge in [-0.3, -0.25) is 4.79 Å². The van der Waals surface area contributed by atoms with Crippen LogP contribution in [0.4, 0.5) is 4.79 Å². The highest BCUT2D eigenvalue weighted by Crippen LogP contribution is 2.46. The molecule has 6 nitrogen and oxygen atoms in total. The number of likely N-dealkylation sites (tertiary alicyclic amines) is 1. The highest BCUT2D eigenvalue weighted by molar-refractivity contribution is 5.77. The maximum absolute atomic E-state index is 12.8. The topological polar surface area (TPSA) is 70.7 Å². The minimum absolute atomic E-state index is 0.0828. The van der Waals surface area contributed by atoms with E-state index in [1.807, 2.05) is 23.1 Å². The van der Waals surface area contributed by atoms with Gasteiger partial charge in [-0.15, -0.1) is 0 Å². The van der Waals surface area contributed by atoms with Crippen molar-refractivity contribution in [3.8, 4) is 5.75 Å². The van der Waals surface area contributed by atoms with E-state index in [-0.39, 0.29) is 23.5 Å². The Morgan fingerprint density at radius 3 is 2.34 bits per heavy atom. The first kappa shape index (κ1) is 21.6. The van der Waals surface area contributed by atoms with Crippen molar-refractivity contribution in [2.75, 3.05) is 13.1 Å². The molecule has 174 valence electrons. The van der Waals surface area contributed by atoms with E-state index < -0.39 is 0 Å². The molecule has 3 fully saturated rings. The van der Waals surface area contributed by atoms with Crippen LogP contribution >= 0.6 is 0 Å². The minimum atomic E-state index is -0.280. The molecule has 2 aliphatic heterocycles. The van der Waals surface area contributed by atoms with E-state index in [4.69, 9.17) is 4.74 Å². The molecule has 1 atom stereocenters. The fourth-order valence-corrected chi connectivity index (χ4v) is 5.93. The van der Waals surface area contributed by atoms with Gasteiger partial charge in [-0.2, -0.15) is 0 Å². The first-order valence-electron chi connectivity index (χ1n) is 12.7. The second kappa shape index (κ2) is 9.32. The SMILES string of the molecule is O=C(C[C@H]1CC2(CCN(C(=O)NC3CCCCC3)CC2)Oc2ccccc21)NC1CCC1. The van der Waals surface area contributed by atoms with Crippen LogP contribution in [0.3, 0.4) is 0 Å². The number of piperidine rings is 1. The molecular formula is C26H37N3O3. The predicted molar refractivity (Wildman–Crippen MR) is 124 cm³/mol. The van der Waals surface area contributed by atoms with Gasteiger partial charge in [0.15, 0.2) is 0 Å². The summed E-state index contributed by atoms with van der Waals surface area (Å²) in [5, 5.41) is 6.46. The zero-order chi connectivity index (χ0) is 22.0. The molecule has 32 heavy (non-hydrogen) atoms. The molecule has 0 radical (unpaired) electrons. The van der Waals surface area contributed by atoms with Gasteiger partial charge in [-0.1, -0.05) is 37.5 Å². The molecule has 2 aliphatic carbocycles. The van der Waals surface area contributed by atoms with Gasteiger partial charge in [-0.25, -0.2) is 4.79 Å². The Morgan fingerprint density at radius 1 is 0.938 bits per heavy atom. The number of amides is 3. The molecule has 3 amide bonds. The molecule has 6 heteroatoms. The Labute approximate surface area is 191 Å². The third kappa shape index (κ3) is 4.74. The van der Waals surface area contributed by atoms with E-state index in [1.54, 1.807) is 0 Å². The molecule has 1 spiro atoms. The summed E-state index contributed by atoms with van der Waals surface area (Å²) in [6.45, 7) is 1.42. The van der Waals surface area contributed by atoms with Crippen molar-refractivity contribution in [1.29, 1.82) is 0 Å². The van der Waals surface area contributed by atoms with E-state index >= 15 is 0 Å². The number of nitrogens with one attached hydrogen (secondary N) is 2. The van der Waals surface area contributed by atoms with Gasteiger partial charge in [0, 0.05) is 50.4 Å². The maximum atomic E-state index is 12.8. The largest absolute Gasteiger partial charge is 0.487 e. The van der Waals surface area contributed by atoms with E-state index in [9.17, 15) is 9.59 Å².